The van der Waals surface area contributed by atoms with Crippen molar-refractivity contribution in [3.63, 3.8) is 0 Å². The third-order valence-electron chi connectivity index (χ3n) is 4.40. The lowest BCUT2D eigenvalue weighted by atomic mass is 9.90. The van der Waals surface area contributed by atoms with Gasteiger partial charge in [0.25, 0.3) is 0 Å². The summed E-state index contributed by atoms with van der Waals surface area (Å²) in [7, 11) is 0. The summed E-state index contributed by atoms with van der Waals surface area (Å²) in [5.74, 6) is 1.16. The number of hydrogen-bond acceptors (Lipinski definition) is 3. The van der Waals surface area contributed by atoms with Crippen LogP contribution in [0.1, 0.15) is 63.7 Å². The van der Waals surface area contributed by atoms with Gasteiger partial charge in [0.15, 0.2) is 5.82 Å². The van der Waals surface area contributed by atoms with Gasteiger partial charge in [0.1, 0.15) is 6.33 Å². The number of aromatic nitrogens is 3. The molecular formula is C13H22N4. The number of nitrogens with one attached hydrogen (secondary N) is 1. The molecule has 1 aliphatic heterocycles. The topological polar surface area (TPSA) is 42.7 Å². The Morgan fingerprint density at radius 1 is 1.29 bits per heavy atom. The van der Waals surface area contributed by atoms with E-state index in [-0.39, 0.29) is 5.54 Å². The molecule has 0 aromatic carbocycles. The highest BCUT2D eigenvalue weighted by Crippen LogP contribution is 2.35. The van der Waals surface area contributed by atoms with Crippen molar-refractivity contribution in [3.05, 3.63) is 12.2 Å². The molecule has 17 heavy (non-hydrogen) atoms. The summed E-state index contributed by atoms with van der Waals surface area (Å²) in [6.07, 6.45) is 11.0. The Morgan fingerprint density at radius 2 is 2.12 bits per heavy atom. The van der Waals surface area contributed by atoms with Crippen molar-refractivity contribution < 1.29 is 0 Å². The molecular weight excluding hydrogens is 212 g/mol. The van der Waals surface area contributed by atoms with Gasteiger partial charge in [-0.15, -0.1) is 10.2 Å². The van der Waals surface area contributed by atoms with Gasteiger partial charge in [-0.3, -0.25) is 0 Å². The van der Waals surface area contributed by atoms with Crippen molar-refractivity contribution in [2.24, 2.45) is 0 Å². The van der Waals surface area contributed by atoms with E-state index in [1.807, 2.05) is 6.33 Å². The Kier molecular flexibility index (Phi) is 2.90. The molecule has 1 aromatic heterocycles. The molecule has 4 nitrogen and oxygen atoms in total. The van der Waals surface area contributed by atoms with Crippen LogP contribution < -0.4 is 5.32 Å². The number of nitrogens with zero attached hydrogens (tertiary/aromatic N) is 3. The summed E-state index contributed by atoms with van der Waals surface area (Å²) < 4.78 is 2.34. The van der Waals surface area contributed by atoms with Gasteiger partial charge < -0.3 is 9.88 Å². The molecule has 0 amide bonds. The van der Waals surface area contributed by atoms with Gasteiger partial charge in [-0.25, -0.2) is 0 Å². The second-order valence-electron chi connectivity index (χ2n) is 5.72. The molecule has 1 unspecified atom stereocenters. The quantitative estimate of drug-likeness (QED) is 0.854. The van der Waals surface area contributed by atoms with Crippen molar-refractivity contribution in [2.45, 2.75) is 63.5 Å². The first-order valence-corrected chi connectivity index (χ1v) is 6.95. The maximum absolute atomic E-state index is 4.41. The number of hydrogen-bond donors (Lipinski definition) is 1. The molecule has 2 aliphatic rings. The zero-order valence-electron chi connectivity index (χ0n) is 10.7. The minimum absolute atomic E-state index is 0.0390. The normalized spacial score (nSPS) is 30.9. The summed E-state index contributed by atoms with van der Waals surface area (Å²) in [5, 5.41) is 12.2. The summed E-state index contributed by atoms with van der Waals surface area (Å²) in [4.78, 5) is 0. The Hall–Kier alpha value is -0.900. The Labute approximate surface area is 103 Å². The van der Waals surface area contributed by atoms with E-state index in [1.54, 1.807) is 0 Å². The molecule has 1 aliphatic carbocycles. The van der Waals surface area contributed by atoms with Gasteiger partial charge in [-0.05, 0) is 45.6 Å². The van der Waals surface area contributed by atoms with Crippen molar-refractivity contribution >= 4 is 0 Å². The molecule has 94 valence electrons. The average molecular weight is 234 g/mol. The van der Waals surface area contributed by atoms with Gasteiger partial charge >= 0.3 is 0 Å². The Bertz CT molecular complexity index is 373. The molecule has 1 aromatic rings. The maximum Gasteiger partial charge on any atom is 0.153 e. The molecule has 1 saturated carbocycles. The SMILES string of the molecule is CC1(c2nncn2C2CCCC2)CCCCN1. The highest BCUT2D eigenvalue weighted by Gasteiger charge is 2.34. The van der Waals surface area contributed by atoms with Crippen LogP contribution in [0.15, 0.2) is 6.33 Å². The van der Waals surface area contributed by atoms with E-state index >= 15 is 0 Å². The molecule has 1 saturated heterocycles. The zero-order valence-corrected chi connectivity index (χ0v) is 10.7. The van der Waals surface area contributed by atoms with Gasteiger partial charge in [-0.1, -0.05) is 12.8 Å². The van der Waals surface area contributed by atoms with Gasteiger partial charge in [0.2, 0.25) is 0 Å². The van der Waals surface area contributed by atoms with Crippen molar-refractivity contribution in [1.29, 1.82) is 0 Å². The van der Waals surface area contributed by atoms with Crippen molar-refractivity contribution in [2.75, 3.05) is 6.54 Å². The van der Waals surface area contributed by atoms with Crippen LogP contribution >= 0.6 is 0 Å². The van der Waals surface area contributed by atoms with Gasteiger partial charge in [-0.2, -0.15) is 0 Å². The highest BCUT2D eigenvalue weighted by atomic mass is 15.3. The highest BCUT2D eigenvalue weighted by molar-refractivity contribution is 5.07. The van der Waals surface area contributed by atoms with Crippen LogP contribution in [-0.4, -0.2) is 21.3 Å². The molecule has 2 fully saturated rings. The molecule has 2 heterocycles. The van der Waals surface area contributed by atoms with Crippen LogP contribution in [0.5, 0.6) is 0 Å². The lowest BCUT2D eigenvalue weighted by Crippen LogP contribution is -2.45. The predicted molar refractivity (Wildman–Crippen MR) is 66.7 cm³/mol. The van der Waals surface area contributed by atoms with Crippen LogP contribution in [-0.2, 0) is 5.54 Å². The molecule has 3 rings (SSSR count). The summed E-state index contributed by atoms with van der Waals surface area (Å²) in [6, 6.07) is 0.639. The standard InChI is InChI=1S/C13H22N4/c1-13(8-4-5-9-14-13)12-16-15-10-17(12)11-6-2-3-7-11/h10-11,14H,2-9H2,1H3. The third-order valence-corrected chi connectivity index (χ3v) is 4.40. The Morgan fingerprint density at radius 3 is 2.82 bits per heavy atom. The second kappa shape index (κ2) is 4.41. The van der Waals surface area contributed by atoms with E-state index in [0.717, 1.165) is 12.4 Å². The number of piperidine rings is 1. The largest absolute Gasteiger partial charge is 0.313 e. The monoisotopic (exact) mass is 234 g/mol. The van der Waals surface area contributed by atoms with Crippen LogP contribution in [0.4, 0.5) is 0 Å². The molecule has 0 spiro atoms. The molecule has 1 N–H and O–H groups in total. The van der Waals surface area contributed by atoms with E-state index in [2.05, 4.69) is 27.0 Å². The summed E-state index contributed by atoms with van der Waals surface area (Å²) in [6.45, 7) is 3.38. The maximum atomic E-state index is 4.41. The molecule has 1 atom stereocenters. The van der Waals surface area contributed by atoms with Gasteiger partial charge in [0, 0.05) is 6.04 Å². The molecule has 4 heteroatoms. The Balaban J connectivity index is 1.89. The smallest absolute Gasteiger partial charge is 0.153 e. The van der Waals surface area contributed by atoms with Crippen LogP contribution in [0.25, 0.3) is 0 Å². The predicted octanol–water partition coefficient (Wildman–Crippen LogP) is 2.38. The van der Waals surface area contributed by atoms with Crippen LogP contribution in [0, 0.1) is 0 Å². The first-order chi connectivity index (χ1) is 8.30. The van der Waals surface area contributed by atoms with Gasteiger partial charge in [0.05, 0.1) is 5.54 Å². The third kappa shape index (κ3) is 1.99. The fourth-order valence-electron chi connectivity index (χ4n) is 3.33. The first-order valence-electron chi connectivity index (χ1n) is 6.95. The fraction of sp³-hybridized carbons (Fsp3) is 0.846. The number of rotatable bonds is 2. The summed E-state index contributed by atoms with van der Waals surface area (Å²) >= 11 is 0. The minimum Gasteiger partial charge on any atom is -0.313 e. The first kappa shape index (κ1) is 11.2. The van der Waals surface area contributed by atoms with E-state index in [9.17, 15) is 0 Å². The average Bonchev–Trinajstić information content (AvgIpc) is 3.01. The van der Waals surface area contributed by atoms with E-state index < -0.39 is 0 Å². The minimum atomic E-state index is 0.0390. The second-order valence-corrected chi connectivity index (χ2v) is 5.72. The molecule has 0 radical (unpaired) electrons. The molecule has 0 bridgehead atoms. The van der Waals surface area contributed by atoms with Crippen LogP contribution in [0.2, 0.25) is 0 Å². The fourth-order valence-corrected chi connectivity index (χ4v) is 3.33. The van der Waals surface area contributed by atoms with E-state index in [0.29, 0.717) is 6.04 Å². The van der Waals surface area contributed by atoms with E-state index in [1.165, 1.54) is 44.9 Å². The lowest BCUT2D eigenvalue weighted by molar-refractivity contribution is 0.253. The summed E-state index contributed by atoms with van der Waals surface area (Å²) in [5.41, 5.74) is 0.0390. The van der Waals surface area contributed by atoms with Crippen molar-refractivity contribution in [1.82, 2.24) is 20.1 Å². The zero-order chi connectivity index (χ0) is 11.7. The van der Waals surface area contributed by atoms with Crippen LogP contribution in [0.3, 0.4) is 0 Å². The van der Waals surface area contributed by atoms with Crippen molar-refractivity contribution in [3.8, 4) is 0 Å². The van der Waals surface area contributed by atoms with E-state index in [4.69, 9.17) is 0 Å². The lowest BCUT2D eigenvalue weighted by Gasteiger charge is -2.35.